The molecule has 0 aliphatic carbocycles. The highest BCUT2D eigenvalue weighted by molar-refractivity contribution is 5.29. The number of nitrogens with zero attached hydrogens (tertiary/aromatic N) is 3. The van der Waals surface area contributed by atoms with E-state index >= 15 is 0 Å². The van der Waals surface area contributed by atoms with Crippen LogP contribution in [0.3, 0.4) is 0 Å². The molecule has 1 N–H and O–H groups in total. The van der Waals surface area contributed by atoms with Crippen molar-refractivity contribution < 1.29 is 13.2 Å². The maximum Gasteiger partial charge on any atom is 0.310 e. The summed E-state index contributed by atoms with van der Waals surface area (Å²) in [6, 6.07) is 0. The molecule has 0 aromatic carbocycles. The van der Waals surface area contributed by atoms with Crippen molar-refractivity contribution in [2.45, 2.75) is 19.8 Å². The van der Waals surface area contributed by atoms with Crippen LogP contribution in [0.2, 0.25) is 0 Å². The Bertz CT molecular complexity index is 610. The smallest absolute Gasteiger partial charge is 0.270 e. The molecule has 0 saturated heterocycles. The van der Waals surface area contributed by atoms with Crippen molar-refractivity contribution in [3.8, 4) is 0 Å². The monoisotopic (exact) mass is 232 g/mol. The normalized spacial score (nSPS) is 12.3. The van der Waals surface area contributed by atoms with Crippen molar-refractivity contribution in [2.75, 3.05) is 0 Å². The van der Waals surface area contributed by atoms with Gasteiger partial charge >= 0.3 is 11.5 Å². The van der Waals surface area contributed by atoms with Gasteiger partial charge in [0.05, 0.1) is 5.69 Å². The van der Waals surface area contributed by atoms with Gasteiger partial charge in [0.15, 0.2) is 5.82 Å². The lowest BCUT2D eigenvalue weighted by Gasteiger charge is -2.03. The number of fused-ring (bicyclic) bond motifs is 1. The first-order valence-corrected chi connectivity index (χ1v) is 4.34. The van der Waals surface area contributed by atoms with Gasteiger partial charge in [-0.05, 0) is 6.92 Å². The molecule has 2 aromatic rings. The van der Waals surface area contributed by atoms with E-state index in [0.717, 1.165) is 0 Å². The third-order valence-corrected chi connectivity index (χ3v) is 2.02. The minimum Gasteiger partial charge on any atom is -0.270 e. The zero-order chi connectivity index (χ0) is 12.1. The maximum atomic E-state index is 13.1. The van der Waals surface area contributed by atoms with Gasteiger partial charge in [0.25, 0.3) is 5.78 Å². The van der Waals surface area contributed by atoms with Gasteiger partial charge in [0, 0.05) is 6.92 Å². The van der Waals surface area contributed by atoms with Gasteiger partial charge in [-0.25, -0.2) is 4.98 Å². The number of alkyl halides is 2. The summed E-state index contributed by atoms with van der Waals surface area (Å²) in [5.74, 6) is -5.35. The topological polar surface area (TPSA) is 63.1 Å². The fraction of sp³-hybridized carbons (Fsp3) is 0.375. The molecule has 0 unspecified atom stereocenters. The maximum absolute atomic E-state index is 13.1. The van der Waals surface area contributed by atoms with Crippen molar-refractivity contribution in [2.24, 2.45) is 0 Å². The molecule has 5 nitrogen and oxygen atoms in total. The Balaban J connectivity index is 2.82. The van der Waals surface area contributed by atoms with Crippen LogP contribution in [0, 0.1) is 12.7 Å². The Kier molecular flexibility index (Phi) is 2.04. The van der Waals surface area contributed by atoms with E-state index in [0.29, 0.717) is 11.4 Å². The zero-order valence-electron chi connectivity index (χ0n) is 8.38. The lowest BCUT2D eigenvalue weighted by molar-refractivity contribution is 0.00794. The Morgan fingerprint density at radius 3 is 2.56 bits per heavy atom. The molecule has 2 aromatic heterocycles. The summed E-state index contributed by atoms with van der Waals surface area (Å²) in [6.07, 6.45) is 0. The molecule has 0 spiro atoms. The van der Waals surface area contributed by atoms with E-state index < -0.39 is 23.1 Å². The van der Waals surface area contributed by atoms with Crippen LogP contribution in [-0.2, 0) is 5.92 Å². The summed E-state index contributed by atoms with van der Waals surface area (Å²) < 4.78 is 39.5. The van der Waals surface area contributed by atoms with Crippen LogP contribution in [0.25, 0.3) is 5.78 Å². The van der Waals surface area contributed by atoms with E-state index in [4.69, 9.17) is 0 Å². The number of rotatable bonds is 1. The Labute approximate surface area is 86.9 Å². The van der Waals surface area contributed by atoms with Crippen LogP contribution in [-0.4, -0.2) is 19.6 Å². The summed E-state index contributed by atoms with van der Waals surface area (Å²) in [7, 11) is 0. The van der Waals surface area contributed by atoms with E-state index in [2.05, 4.69) is 9.97 Å². The number of hydrogen-bond donors (Lipinski definition) is 1. The summed E-state index contributed by atoms with van der Waals surface area (Å²) in [6.45, 7) is 1.87. The second-order valence-corrected chi connectivity index (χ2v) is 3.41. The van der Waals surface area contributed by atoms with Crippen LogP contribution in [0.1, 0.15) is 18.4 Å². The summed E-state index contributed by atoms with van der Waals surface area (Å²) in [4.78, 5) is 18.3. The van der Waals surface area contributed by atoms with Gasteiger partial charge in [-0.1, -0.05) is 0 Å². The number of H-pyrrole nitrogens is 1. The van der Waals surface area contributed by atoms with Crippen LogP contribution < -0.4 is 5.56 Å². The van der Waals surface area contributed by atoms with Gasteiger partial charge in [0.1, 0.15) is 0 Å². The highest BCUT2D eigenvalue weighted by Crippen LogP contribution is 2.23. The van der Waals surface area contributed by atoms with E-state index in [9.17, 15) is 18.0 Å². The number of aromatic nitrogens is 4. The molecule has 0 aliphatic rings. The summed E-state index contributed by atoms with van der Waals surface area (Å²) >= 11 is 0. The Morgan fingerprint density at radius 1 is 1.38 bits per heavy atom. The Hall–Kier alpha value is -1.86. The molecule has 2 rings (SSSR count). The van der Waals surface area contributed by atoms with Crippen molar-refractivity contribution in [3.05, 3.63) is 27.7 Å². The number of nitrogens with one attached hydrogen (secondary N) is 1. The van der Waals surface area contributed by atoms with Gasteiger partial charge in [0.2, 0.25) is 5.82 Å². The van der Waals surface area contributed by atoms with E-state index in [-0.39, 0.29) is 11.5 Å². The molecular formula is C8H7F3N4O. The number of hydrogen-bond acceptors (Lipinski definition) is 3. The van der Waals surface area contributed by atoms with Crippen LogP contribution >= 0.6 is 0 Å². The first-order valence-electron chi connectivity index (χ1n) is 4.34. The third kappa shape index (κ3) is 1.46. The number of aromatic amines is 1. The molecule has 8 heteroatoms. The van der Waals surface area contributed by atoms with E-state index in [1.165, 1.54) is 6.92 Å². The fourth-order valence-corrected chi connectivity index (χ4v) is 1.20. The summed E-state index contributed by atoms with van der Waals surface area (Å²) in [5, 5.41) is 2.01. The van der Waals surface area contributed by atoms with Crippen molar-refractivity contribution >= 4 is 5.78 Å². The molecule has 0 aliphatic heterocycles. The highest BCUT2D eigenvalue weighted by Gasteiger charge is 2.29. The lowest BCUT2D eigenvalue weighted by atomic mass is 10.4. The number of aryl methyl sites for hydroxylation is 1. The van der Waals surface area contributed by atoms with Crippen molar-refractivity contribution in [3.63, 3.8) is 0 Å². The second-order valence-electron chi connectivity index (χ2n) is 3.41. The summed E-state index contributed by atoms with van der Waals surface area (Å²) in [5.41, 5.74) is -1.26. The second kappa shape index (κ2) is 3.06. The van der Waals surface area contributed by atoms with Crippen molar-refractivity contribution in [1.82, 2.24) is 19.6 Å². The average molecular weight is 232 g/mol. The molecule has 0 amide bonds. The quantitative estimate of drug-likeness (QED) is 0.797. The van der Waals surface area contributed by atoms with Gasteiger partial charge in [-0.15, -0.1) is 0 Å². The molecule has 16 heavy (non-hydrogen) atoms. The number of halogens is 3. The van der Waals surface area contributed by atoms with Gasteiger partial charge < -0.3 is 0 Å². The molecule has 0 saturated carbocycles. The van der Waals surface area contributed by atoms with E-state index in [1.54, 1.807) is 0 Å². The lowest BCUT2D eigenvalue weighted by Crippen LogP contribution is -2.21. The first-order chi connectivity index (χ1) is 7.30. The third-order valence-electron chi connectivity index (χ3n) is 2.02. The van der Waals surface area contributed by atoms with Crippen LogP contribution in [0.4, 0.5) is 13.2 Å². The minimum atomic E-state index is -3.25. The molecular weight excluding hydrogens is 225 g/mol. The SMILES string of the molecule is Cc1nc2nc(C(C)(F)F)[nH]n2c(=O)c1F. The van der Waals surface area contributed by atoms with Crippen LogP contribution in [0.5, 0.6) is 0 Å². The molecule has 0 radical (unpaired) electrons. The minimum absolute atomic E-state index is 0.178. The molecule has 0 fully saturated rings. The largest absolute Gasteiger partial charge is 0.310 e. The fourth-order valence-electron chi connectivity index (χ4n) is 1.20. The Morgan fingerprint density at radius 2 is 2.00 bits per heavy atom. The van der Waals surface area contributed by atoms with Crippen LogP contribution in [0.15, 0.2) is 4.79 Å². The predicted octanol–water partition coefficient (Wildman–Crippen LogP) is 0.977. The first kappa shape index (κ1) is 10.7. The molecule has 86 valence electrons. The molecule has 0 bridgehead atoms. The average Bonchev–Trinajstić information content (AvgIpc) is 2.57. The molecule has 2 heterocycles. The zero-order valence-corrected chi connectivity index (χ0v) is 8.38. The predicted molar refractivity (Wildman–Crippen MR) is 47.9 cm³/mol. The standard InChI is InChI=1S/C8H7F3N4O/c1-3-4(9)5(16)15-7(12-3)13-6(14-15)8(2,10)11/h1-2H3,(H,12,13,14). The highest BCUT2D eigenvalue weighted by atomic mass is 19.3. The van der Waals surface area contributed by atoms with E-state index in [1.807, 2.05) is 5.10 Å². The van der Waals surface area contributed by atoms with Gasteiger partial charge in [-0.3, -0.25) is 9.89 Å². The van der Waals surface area contributed by atoms with Crippen molar-refractivity contribution in [1.29, 1.82) is 0 Å². The molecule has 0 atom stereocenters. The van der Waals surface area contributed by atoms with Gasteiger partial charge in [-0.2, -0.15) is 22.7 Å².